The van der Waals surface area contributed by atoms with E-state index in [2.05, 4.69) is 31.2 Å². The molecular weight excluding hydrogens is 380 g/mol. The molecule has 0 radical (unpaired) electrons. The van der Waals surface area contributed by atoms with E-state index in [0.717, 1.165) is 15.4 Å². The molecule has 3 nitrogen and oxygen atoms in total. The molecule has 0 atom stereocenters. The number of rotatable bonds is 2. The molecule has 0 bridgehead atoms. The quantitative estimate of drug-likeness (QED) is 0.584. The summed E-state index contributed by atoms with van der Waals surface area (Å²) in [7, 11) is 0. The van der Waals surface area contributed by atoms with E-state index >= 15 is 0 Å². The lowest BCUT2D eigenvalue weighted by Crippen LogP contribution is -1.98. The van der Waals surface area contributed by atoms with Crippen LogP contribution in [-0.2, 0) is 0 Å². The first-order chi connectivity index (χ1) is 10.1. The number of aromatic nitrogens is 2. The lowest BCUT2D eigenvalue weighted by molar-refractivity contribution is 0.632. The van der Waals surface area contributed by atoms with Crippen molar-refractivity contribution in [2.75, 3.05) is 5.32 Å². The third kappa shape index (κ3) is 2.81. The van der Waals surface area contributed by atoms with E-state index in [-0.39, 0.29) is 15.7 Å². The molecule has 0 aliphatic rings. The van der Waals surface area contributed by atoms with Crippen LogP contribution in [0.2, 0.25) is 10.0 Å². The Morgan fingerprint density at radius 2 is 1.90 bits per heavy atom. The van der Waals surface area contributed by atoms with Gasteiger partial charge in [0, 0.05) is 9.86 Å². The molecule has 1 heterocycles. The molecule has 1 aromatic heterocycles. The first kappa shape index (κ1) is 14.5. The smallest absolute Gasteiger partial charge is 0.166 e. The molecule has 0 aliphatic carbocycles. The van der Waals surface area contributed by atoms with E-state index < -0.39 is 5.82 Å². The average molecular weight is 387 g/mol. The molecule has 3 aromatic rings. The molecule has 0 saturated heterocycles. The molecule has 0 saturated carbocycles. The zero-order valence-corrected chi connectivity index (χ0v) is 13.5. The van der Waals surface area contributed by atoms with E-state index in [4.69, 9.17) is 23.2 Å². The highest BCUT2D eigenvalue weighted by molar-refractivity contribution is 9.10. The molecule has 0 spiro atoms. The van der Waals surface area contributed by atoms with Crippen LogP contribution in [-0.4, -0.2) is 9.97 Å². The van der Waals surface area contributed by atoms with Crippen molar-refractivity contribution in [3.63, 3.8) is 0 Å². The summed E-state index contributed by atoms with van der Waals surface area (Å²) in [6.45, 7) is 0. The van der Waals surface area contributed by atoms with Crippen molar-refractivity contribution in [3.8, 4) is 0 Å². The lowest BCUT2D eigenvalue weighted by Gasteiger charge is -2.10. The van der Waals surface area contributed by atoms with Gasteiger partial charge in [0.15, 0.2) is 5.82 Å². The Kier molecular flexibility index (Phi) is 3.97. The summed E-state index contributed by atoms with van der Waals surface area (Å²) < 4.78 is 15.0. The SMILES string of the molecule is Fc1c(Nc2ncnc3ccc(Br)cc23)ccc(Cl)c1Cl. The topological polar surface area (TPSA) is 37.8 Å². The van der Waals surface area contributed by atoms with Gasteiger partial charge in [-0.25, -0.2) is 14.4 Å². The molecule has 0 amide bonds. The molecule has 1 N–H and O–H groups in total. The van der Waals surface area contributed by atoms with Crippen molar-refractivity contribution in [2.24, 2.45) is 0 Å². The van der Waals surface area contributed by atoms with Crippen LogP contribution in [0, 0.1) is 5.82 Å². The Bertz CT molecular complexity index is 842. The van der Waals surface area contributed by atoms with E-state index in [9.17, 15) is 4.39 Å². The van der Waals surface area contributed by atoms with Gasteiger partial charge in [-0.1, -0.05) is 39.1 Å². The number of hydrogen-bond donors (Lipinski definition) is 1. The van der Waals surface area contributed by atoms with E-state index in [0.29, 0.717) is 5.82 Å². The molecule has 0 fully saturated rings. The minimum absolute atomic E-state index is 0.124. The highest BCUT2D eigenvalue weighted by atomic mass is 79.9. The van der Waals surface area contributed by atoms with Gasteiger partial charge in [0.05, 0.1) is 21.2 Å². The summed E-state index contributed by atoms with van der Waals surface area (Å²) in [5.41, 5.74) is 0.945. The number of hydrogen-bond acceptors (Lipinski definition) is 3. The monoisotopic (exact) mass is 385 g/mol. The van der Waals surface area contributed by atoms with Gasteiger partial charge in [0.25, 0.3) is 0 Å². The Morgan fingerprint density at radius 3 is 2.71 bits per heavy atom. The summed E-state index contributed by atoms with van der Waals surface area (Å²) in [6, 6.07) is 8.60. The van der Waals surface area contributed by atoms with Crippen molar-refractivity contribution >= 4 is 61.5 Å². The normalized spacial score (nSPS) is 10.9. The standard InChI is InChI=1S/C14H7BrCl2FN3/c15-7-1-3-10-8(5-7)14(20-6-19-10)21-11-4-2-9(16)12(17)13(11)18/h1-6H,(H,19,20,21). The van der Waals surface area contributed by atoms with Crippen LogP contribution in [0.4, 0.5) is 15.9 Å². The summed E-state index contributed by atoms with van der Waals surface area (Å²) in [5, 5.41) is 3.72. The van der Waals surface area contributed by atoms with Crippen LogP contribution in [0.15, 0.2) is 41.1 Å². The average Bonchev–Trinajstić information content (AvgIpc) is 2.48. The van der Waals surface area contributed by atoms with Gasteiger partial charge in [0.1, 0.15) is 12.1 Å². The summed E-state index contributed by atoms with van der Waals surface area (Å²) in [5.74, 6) is -0.135. The second-order valence-electron chi connectivity index (χ2n) is 4.23. The molecular formula is C14H7BrCl2FN3. The predicted molar refractivity (Wildman–Crippen MR) is 86.9 cm³/mol. The molecule has 2 aromatic carbocycles. The second kappa shape index (κ2) is 5.75. The maximum atomic E-state index is 14.1. The lowest BCUT2D eigenvalue weighted by atomic mass is 10.2. The molecule has 106 valence electrons. The van der Waals surface area contributed by atoms with Crippen molar-refractivity contribution in [3.05, 3.63) is 57.0 Å². The number of benzene rings is 2. The number of halogens is 4. The largest absolute Gasteiger partial charge is 0.337 e. The molecule has 3 rings (SSSR count). The Morgan fingerprint density at radius 1 is 1.10 bits per heavy atom. The highest BCUT2D eigenvalue weighted by Gasteiger charge is 2.12. The van der Waals surface area contributed by atoms with E-state index in [1.807, 2.05) is 18.2 Å². The molecule has 7 heteroatoms. The summed E-state index contributed by atoms with van der Waals surface area (Å²) in [6.07, 6.45) is 1.41. The van der Waals surface area contributed by atoms with Crippen LogP contribution in [0.5, 0.6) is 0 Å². The van der Waals surface area contributed by atoms with Gasteiger partial charge in [0.2, 0.25) is 0 Å². The van der Waals surface area contributed by atoms with E-state index in [1.165, 1.54) is 18.5 Å². The van der Waals surface area contributed by atoms with Gasteiger partial charge in [-0.3, -0.25) is 0 Å². The fourth-order valence-corrected chi connectivity index (χ4v) is 2.55. The highest BCUT2D eigenvalue weighted by Crippen LogP contribution is 2.32. The fraction of sp³-hybridized carbons (Fsp3) is 0. The number of anilines is 2. The van der Waals surface area contributed by atoms with E-state index in [1.54, 1.807) is 0 Å². The predicted octanol–water partition coefficient (Wildman–Crippen LogP) is 5.58. The van der Waals surface area contributed by atoms with Gasteiger partial charge in [-0.15, -0.1) is 0 Å². The van der Waals surface area contributed by atoms with Gasteiger partial charge >= 0.3 is 0 Å². The minimum Gasteiger partial charge on any atom is -0.337 e. The Balaban J connectivity index is 2.10. The zero-order valence-electron chi connectivity index (χ0n) is 10.4. The number of nitrogens with one attached hydrogen (secondary N) is 1. The van der Waals surface area contributed by atoms with Crippen LogP contribution < -0.4 is 5.32 Å². The van der Waals surface area contributed by atoms with Gasteiger partial charge < -0.3 is 5.32 Å². The Labute approximate surface area is 138 Å². The fourth-order valence-electron chi connectivity index (χ4n) is 1.88. The van der Waals surface area contributed by atoms with Crippen LogP contribution in [0.25, 0.3) is 10.9 Å². The minimum atomic E-state index is -0.620. The van der Waals surface area contributed by atoms with Crippen LogP contribution in [0.1, 0.15) is 0 Å². The first-order valence-corrected chi connectivity index (χ1v) is 7.42. The first-order valence-electron chi connectivity index (χ1n) is 5.87. The van der Waals surface area contributed by atoms with Crippen molar-refractivity contribution in [1.29, 1.82) is 0 Å². The molecule has 21 heavy (non-hydrogen) atoms. The number of nitrogens with zero attached hydrogens (tertiary/aromatic N) is 2. The molecule has 0 unspecified atom stereocenters. The third-order valence-corrected chi connectivity index (χ3v) is 4.16. The van der Waals surface area contributed by atoms with Gasteiger partial charge in [-0.2, -0.15) is 0 Å². The second-order valence-corrected chi connectivity index (χ2v) is 5.93. The maximum absolute atomic E-state index is 14.1. The maximum Gasteiger partial charge on any atom is 0.166 e. The zero-order chi connectivity index (χ0) is 15.0. The van der Waals surface area contributed by atoms with Crippen molar-refractivity contribution < 1.29 is 4.39 Å². The van der Waals surface area contributed by atoms with Crippen LogP contribution >= 0.6 is 39.1 Å². The Hall–Kier alpha value is -1.43. The van der Waals surface area contributed by atoms with Gasteiger partial charge in [-0.05, 0) is 30.3 Å². The summed E-state index contributed by atoms with van der Waals surface area (Å²) in [4.78, 5) is 8.32. The van der Waals surface area contributed by atoms with Crippen LogP contribution in [0.3, 0.4) is 0 Å². The van der Waals surface area contributed by atoms with Crippen molar-refractivity contribution in [1.82, 2.24) is 9.97 Å². The van der Waals surface area contributed by atoms with Crippen molar-refractivity contribution in [2.45, 2.75) is 0 Å². The third-order valence-electron chi connectivity index (χ3n) is 2.89. The molecule has 0 aliphatic heterocycles. The number of fused-ring (bicyclic) bond motifs is 1. The summed E-state index contributed by atoms with van der Waals surface area (Å²) >= 11 is 15.0.